The van der Waals surface area contributed by atoms with Crippen LogP contribution in [0.15, 0.2) is 24.3 Å². The molecule has 0 aliphatic carbocycles. The van der Waals surface area contributed by atoms with Crippen molar-refractivity contribution < 1.29 is 0 Å². The van der Waals surface area contributed by atoms with Gasteiger partial charge in [-0.25, -0.2) is 0 Å². The third-order valence-corrected chi connectivity index (χ3v) is 4.00. The first kappa shape index (κ1) is 13.6. The summed E-state index contributed by atoms with van der Waals surface area (Å²) in [7, 11) is 0. The van der Waals surface area contributed by atoms with Crippen molar-refractivity contribution >= 4 is 0 Å². The highest BCUT2D eigenvalue weighted by molar-refractivity contribution is 5.24. The Bertz CT molecular complexity index is 348. The second-order valence-corrected chi connectivity index (χ2v) is 5.83. The fourth-order valence-electron chi connectivity index (χ4n) is 2.53. The van der Waals surface area contributed by atoms with Crippen LogP contribution in [0.2, 0.25) is 0 Å². The first-order valence-electron chi connectivity index (χ1n) is 7.22. The van der Waals surface area contributed by atoms with Gasteiger partial charge in [0.15, 0.2) is 0 Å². The molecule has 2 nitrogen and oxygen atoms in total. The second kappa shape index (κ2) is 6.35. The minimum Gasteiger partial charge on any atom is -0.328 e. The molecule has 0 aromatic heterocycles. The summed E-state index contributed by atoms with van der Waals surface area (Å²) in [6, 6.07) is 9.54. The van der Waals surface area contributed by atoms with Gasteiger partial charge in [0, 0.05) is 12.6 Å². The van der Waals surface area contributed by atoms with Gasteiger partial charge >= 0.3 is 0 Å². The number of nitrogens with zero attached hydrogens (tertiary/aromatic N) is 1. The van der Waals surface area contributed by atoms with E-state index in [1.165, 1.54) is 30.8 Å². The Morgan fingerprint density at radius 1 is 1.17 bits per heavy atom. The molecule has 0 bridgehead atoms. The van der Waals surface area contributed by atoms with Crippen LogP contribution in [-0.2, 0) is 6.42 Å². The Kier molecular flexibility index (Phi) is 4.79. The molecule has 2 rings (SSSR count). The highest BCUT2D eigenvalue weighted by atomic mass is 15.1. The lowest BCUT2D eigenvalue weighted by atomic mass is 10.0. The van der Waals surface area contributed by atoms with Gasteiger partial charge in [-0.2, -0.15) is 0 Å². The summed E-state index contributed by atoms with van der Waals surface area (Å²) >= 11 is 0. The monoisotopic (exact) mass is 246 g/mol. The number of benzene rings is 1. The van der Waals surface area contributed by atoms with Crippen LogP contribution in [0.3, 0.4) is 0 Å². The first-order chi connectivity index (χ1) is 8.65. The van der Waals surface area contributed by atoms with Crippen LogP contribution in [0, 0.1) is 0 Å². The van der Waals surface area contributed by atoms with E-state index in [0.717, 1.165) is 19.3 Å². The number of hydrogen-bond acceptors (Lipinski definition) is 2. The molecule has 2 N–H and O–H groups in total. The summed E-state index contributed by atoms with van der Waals surface area (Å²) in [6.45, 7) is 8.00. The molecule has 1 fully saturated rings. The summed E-state index contributed by atoms with van der Waals surface area (Å²) < 4.78 is 0. The summed E-state index contributed by atoms with van der Waals surface area (Å²) in [5.41, 5.74) is 8.81. The quantitative estimate of drug-likeness (QED) is 0.885. The molecule has 1 aromatic carbocycles. The van der Waals surface area contributed by atoms with Crippen molar-refractivity contribution in [2.24, 2.45) is 5.73 Å². The summed E-state index contributed by atoms with van der Waals surface area (Å²) in [6.07, 6.45) is 3.48. The molecule has 18 heavy (non-hydrogen) atoms. The Labute approximate surface area is 111 Å². The molecular weight excluding hydrogens is 220 g/mol. The van der Waals surface area contributed by atoms with E-state index < -0.39 is 0 Å². The average molecular weight is 246 g/mol. The second-order valence-electron chi connectivity index (χ2n) is 5.83. The van der Waals surface area contributed by atoms with Crippen molar-refractivity contribution in [2.75, 3.05) is 19.6 Å². The number of likely N-dealkylation sites (tertiary alicyclic amines) is 1. The zero-order valence-corrected chi connectivity index (χ0v) is 11.7. The lowest BCUT2D eigenvalue weighted by Gasteiger charge is -2.30. The van der Waals surface area contributed by atoms with E-state index in [-0.39, 0.29) is 0 Å². The van der Waals surface area contributed by atoms with Gasteiger partial charge in [-0.3, -0.25) is 0 Å². The number of nitrogens with two attached hydrogens (primary N) is 1. The molecule has 100 valence electrons. The van der Waals surface area contributed by atoms with Gasteiger partial charge in [-0.1, -0.05) is 38.1 Å². The third kappa shape index (κ3) is 3.82. The number of hydrogen-bond donors (Lipinski definition) is 1. The van der Waals surface area contributed by atoms with Crippen LogP contribution in [0.25, 0.3) is 0 Å². The normalized spacial score (nSPS) is 18.4. The van der Waals surface area contributed by atoms with E-state index in [2.05, 4.69) is 43.0 Å². The molecular formula is C16H26N2. The summed E-state index contributed by atoms with van der Waals surface area (Å²) in [5, 5.41) is 0. The average Bonchev–Trinajstić information content (AvgIpc) is 2.38. The van der Waals surface area contributed by atoms with E-state index >= 15 is 0 Å². The van der Waals surface area contributed by atoms with Crippen LogP contribution < -0.4 is 5.73 Å². The molecule has 0 amide bonds. The van der Waals surface area contributed by atoms with Crippen LogP contribution in [0.1, 0.15) is 43.7 Å². The van der Waals surface area contributed by atoms with E-state index in [1.54, 1.807) is 0 Å². The molecule has 0 saturated carbocycles. The number of rotatable bonds is 4. The highest BCUT2D eigenvalue weighted by Crippen LogP contribution is 2.15. The van der Waals surface area contributed by atoms with Gasteiger partial charge in [0.1, 0.15) is 0 Å². The molecule has 1 saturated heterocycles. The van der Waals surface area contributed by atoms with Crippen molar-refractivity contribution in [2.45, 2.75) is 45.1 Å². The van der Waals surface area contributed by atoms with E-state index in [4.69, 9.17) is 5.73 Å². The maximum absolute atomic E-state index is 5.92. The molecule has 1 aromatic rings. The molecule has 0 spiro atoms. The molecule has 2 heteroatoms. The van der Waals surface area contributed by atoms with Gasteiger partial charge < -0.3 is 10.6 Å². The minimum absolute atomic E-state index is 0.437. The Hall–Kier alpha value is -0.860. The largest absolute Gasteiger partial charge is 0.328 e. The lowest BCUT2D eigenvalue weighted by molar-refractivity contribution is 0.215. The molecule has 0 atom stereocenters. The Balaban J connectivity index is 1.79. The molecule has 1 heterocycles. The van der Waals surface area contributed by atoms with Crippen LogP contribution >= 0.6 is 0 Å². The Morgan fingerprint density at radius 3 is 2.33 bits per heavy atom. The van der Waals surface area contributed by atoms with Gasteiger partial charge in [0.05, 0.1) is 0 Å². The van der Waals surface area contributed by atoms with E-state index in [9.17, 15) is 0 Å². The van der Waals surface area contributed by atoms with Crippen molar-refractivity contribution in [1.29, 1.82) is 0 Å². The fourth-order valence-corrected chi connectivity index (χ4v) is 2.53. The van der Waals surface area contributed by atoms with Crippen LogP contribution in [0.5, 0.6) is 0 Å². The van der Waals surface area contributed by atoms with Crippen molar-refractivity contribution in [3.05, 3.63) is 35.4 Å². The summed E-state index contributed by atoms with van der Waals surface area (Å²) in [5.74, 6) is 0.627. The molecule has 0 radical (unpaired) electrons. The molecule has 0 unspecified atom stereocenters. The van der Waals surface area contributed by atoms with E-state index in [0.29, 0.717) is 12.0 Å². The standard InChI is InChI=1S/C16H26N2/c1-13(2)15-5-3-14(4-6-15)7-10-18-11-8-16(17)9-12-18/h3-6,13,16H,7-12,17H2,1-2H3. The first-order valence-corrected chi connectivity index (χ1v) is 7.22. The van der Waals surface area contributed by atoms with Gasteiger partial charge in [-0.15, -0.1) is 0 Å². The SMILES string of the molecule is CC(C)c1ccc(CCN2CCC(N)CC2)cc1. The van der Waals surface area contributed by atoms with E-state index in [1.807, 2.05) is 0 Å². The maximum atomic E-state index is 5.92. The highest BCUT2D eigenvalue weighted by Gasteiger charge is 2.15. The van der Waals surface area contributed by atoms with Gasteiger partial charge in [0.25, 0.3) is 0 Å². The predicted octanol–water partition coefficient (Wildman–Crippen LogP) is 2.78. The van der Waals surface area contributed by atoms with Crippen LogP contribution in [0.4, 0.5) is 0 Å². The zero-order chi connectivity index (χ0) is 13.0. The molecule has 1 aliphatic rings. The lowest BCUT2D eigenvalue weighted by Crippen LogP contribution is -2.40. The Morgan fingerprint density at radius 2 is 1.78 bits per heavy atom. The van der Waals surface area contributed by atoms with Crippen LogP contribution in [-0.4, -0.2) is 30.6 Å². The van der Waals surface area contributed by atoms with Gasteiger partial charge in [0.2, 0.25) is 0 Å². The smallest absolute Gasteiger partial charge is 0.00631 e. The van der Waals surface area contributed by atoms with Crippen molar-refractivity contribution in [3.63, 3.8) is 0 Å². The number of piperidine rings is 1. The topological polar surface area (TPSA) is 29.3 Å². The zero-order valence-electron chi connectivity index (χ0n) is 11.7. The van der Waals surface area contributed by atoms with Crippen molar-refractivity contribution in [1.82, 2.24) is 4.90 Å². The predicted molar refractivity (Wildman–Crippen MR) is 77.9 cm³/mol. The molecule has 1 aliphatic heterocycles. The minimum atomic E-state index is 0.437. The summed E-state index contributed by atoms with van der Waals surface area (Å²) in [4.78, 5) is 2.54. The van der Waals surface area contributed by atoms with Gasteiger partial charge in [-0.05, 0) is 49.4 Å². The van der Waals surface area contributed by atoms with Crippen molar-refractivity contribution in [3.8, 4) is 0 Å². The third-order valence-electron chi connectivity index (χ3n) is 4.00. The fraction of sp³-hybridized carbons (Fsp3) is 0.625. The maximum Gasteiger partial charge on any atom is 0.00631 e.